The van der Waals surface area contributed by atoms with Gasteiger partial charge in [-0.1, -0.05) is 13.3 Å². The highest BCUT2D eigenvalue weighted by atomic mass is 16.6. The first-order valence-corrected chi connectivity index (χ1v) is 9.76. The molecule has 148 valence electrons. The molecule has 1 aliphatic carbocycles. The number of Topliss-reactive ketones (excluding diaryl/α,β-unsaturated/α-hetero) is 1. The van der Waals surface area contributed by atoms with Crippen LogP contribution in [0.25, 0.3) is 0 Å². The second kappa shape index (κ2) is 8.40. The second-order valence-corrected chi connectivity index (χ2v) is 8.61. The SMILES string of the molecule is CCC1CCN(C(=O)OC(C)(C)C)C(C2CC(C(=O)OC)CCC2=O)C1. The van der Waals surface area contributed by atoms with Crippen LogP contribution < -0.4 is 0 Å². The van der Waals surface area contributed by atoms with Crippen LogP contribution in [0.15, 0.2) is 0 Å². The fourth-order valence-electron chi connectivity index (χ4n) is 4.18. The summed E-state index contributed by atoms with van der Waals surface area (Å²) in [6.07, 6.45) is 3.77. The van der Waals surface area contributed by atoms with Crippen LogP contribution in [0.4, 0.5) is 4.79 Å². The van der Waals surface area contributed by atoms with E-state index in [0.717, 1.165) is 19.3 Å². The van der Waals surface area contributed by atoms with Crippen LogP contribution >= 0.6 is 0 Å². The predicted octanol–water partition coefficient (Wildman–Crippen LogP) is 3.57. The van der Waals surface area contributed by atoms with E-state index in [9.17, 15) is 14.4 Å². The first-order chi connectivity index (χ1) is 12.2. The molecule has 0 N–H and O–H groups in total. The summed E-state index contributed by atoms with van der Waals surface area (Å²) in [5.74, 6) is -0.181. The fraction of sp³-hybridized carbons (Fsp3) is 0.850. The zero-order valence-electron chi connectivity index (χ0n) is 16.7. The Hall–Kier alpha value is -1.59. The monoisotopic (exact) mass is 367 g/mol. The highest BCUT2D eigenvalue weighted by molar-refractivity contribution is 5.85. The van der Waals surface area contributed by atoms with Crippen LogP contribution in [-0.2, 0) is 19.1 Å². The maximum absolute atomic E-state index is 12.7. The zero-order chi connectivity index (χ0) is 19.5. The van der Waals surface area contributed by atoms with Crippen molar-refractivity contribution >= 4 is 17.8 Å². The maximum Gasteiger partial charge on any atom is 0.410 e. The number of hydrogen-bond acceptors (Lipinski definition) is 5. The van der Waals surface area contributed by atoms with E-state index in [4.69, 9.17) is 9.47 Å². The fourth-order valence-corrected chi connectivity index (χ4v) is 4.18. The molecule has 1 aliphatic heterocycles. The molecule has 4 atom stereocenters. The third-order valence-electron chi connectivity index (χ3n) is 5.65. The molecule has 1 amide bonds. The number of ketones is 1. The summed E-state index contributed by atoms with van der Waals surface area (Å²) in [5, 5.41) is 0. The average molecular weight is 367 g/mol. The third-order valence-corrected chi connectivity index (χ3v) is 5.65. The number of carbonyl (C=O) groups excluding carboxylic acids is 3. The number of esters is 1. The topological polar surface area (TPSA) is 72.9 Å². The molecule has 6 nitrogen and oxygen atoms in total. The van der Waals surface area contributed by atoms with E-state index >= 15 is 0 Å². The Morgan fingerprint density at radius 1 is 1.19 bits per heavy atom. The summed E-state index contributed by atoms with van der Waals surface area (Å²) >= 11 is 0. The van der Waals surface area contributed by atoms with Crippen molar-refractivity contribution in [2.75, 3.05) is 13.7 Å². The molecule has 26 heavy (non-hydrogen) atoms. The lowest BCUT2D eigenvalue weighted by atomic mass is 9.72. The molecule has 0 spiro atoms. The number of carbonyl (C=O) groups is 3. The minimum atomic E-state index is -0.575. The number of likely N-dealkylation sites (tertiary alicyclic amines) is 1. The highest BCUT2D eigenvalue weighted by Gasteiger charge is 2.44. The van der Waals surface area contributed by atoms with Gasteiger partial charge in [-0.15, -0.1) is 0 Å². The zero-order valence-corrected chi connectivity index (χ0v) is 16.7. The van der Waals surface area contributed by atoms with Crippen molar-refractivity contribution in [2.45, 2.75) is 77.9 Å². The van der Waals surface area contributed by atoms with Gasteiger partial charge in [0.15, 0.2) is 0 Å². The molecule has 0 bridgehead atoms. The summed E-state index contributed by atoms with van der Waals surface area (Å²) in [6.45, 7) is 8.28. The molecule has 0 aromatic carbocycles. The molecule has 0 radical (unpaired) electrons. The van der Waals surface area contributed by atoms with Crippen LogP contribution in [-0.4, -0.2) is 48.0 Å². The van der Waals surface area contributed by atoms with Gasteiger partial charge in [-0.3, -0.25) is 9.59 Å². The van der Waals surface area contributed by atoms with Crippen LogP contribution in [0.2, 0.25) is 0 Å². The van der Waals surface area contributed by atoms with Crippen molar-refractivity contribution in [3.05, 3.63) is 0 Å². The first kappa shape index (κ1) is 20.7. The van der Waals surface area contributed by atoms with Crippen LogP contribution in [0.3, 0.4) is 0 Å². The smallest absolute Gasteiger partial charge is 0.410 e. The number of nitrogens with zero attached hydrogens (tertiary/aromatic N) is 1. The first-order valence-electron chi connectivity index (χ1n) is 9.76. The van der Waals surface area contributed by atoms with Gasteiger partial charge in [0.25, 0.3) is 0 Å². The molecule has 2 rings (SSSR count). The molecule has 2 aliphatic rings. The van der Waals surface area contributed by atoms with E-state index in [0.29, 0.717) is 31.7 Å². The normalized spacial score (nSPS) is 30.0. The Morgan fingerprint density at radius 3 is 2.46 bits per heavy atom. The molecule has 1 saturated carbocycles. The number of methoxy groups -OCH3 is 1. The van der Waals surface area contributed by atoms with Gasteiger partial charge in [0.05, 0.1) is 13.0 Å². The second-order valence-electron chi connectivity index (χ2n) is 8.61. The van der Waals surface area contributed by atoms with Gasteiger partial charge in [-0.2, -0.15) is 0 Å². The van der Waals surface area contributed by atoms with Gasteiger partial charge >= 0.3 is 12.1 Å². The van der Waals surface area contributed by atoms with Gasteiger partial charge in [0.1, 0.15) is 11.4 Å². The van der Waals surface area contributed by atoms with Gasteiger partial charge in [0.2, 0.25) is 0 Å². The van der Waals surface area contributed by atoms with Gasteiger partial charge < -0.3 is 14.4 Å². The van der Waals surface area contributed by atoms with Crippen molar-refractivity contribution in [1.29, 1.82) is 0 Å². The Bertz CT molecular complexity index is 539. The lowest BCUT2D eigenvalue weighted by Gasteiger charge is -2.44. The number of amides is 1. The summed E-state index contributed by atoms with van der Waals surface area (Å²) in [5.41, 5.74) is -0.575. The third kappa shape index (κ3) is 4.98. The maximum atomic E-state index is 12.7. The molecule has 1 saturated heterocycles. The summed E-state index contributed by atoms with van der Waals surface area (Å²) in [6, 6.07) is -0.191. The van der Waals surface area contributed by atoms with Gasteiger partial charge in [0, 0.05) is 24.9 Å². The quantitative estimate of drug-likeness (QED) is 0.713. The lowest BCUT2D eigenvalue weighted by molar-refractivity contribution is -0.149. The van der Waals surface area contributed by atoms with Crippen LogP contribution in [0.1, 0.15) is 66.2 Å². The molecule has 4 unspecified atom stereocenters. The molecule has 1 heterocycles. The minimum absolute atomic E-state index is 0.153. The standard InChI is InChI=1S/C20H33NO5/c1-6-13-9-10-21(19(24)26-20(2,3)4)16(11-13)15-12-14(18(23)25-5)7-8-17(15)22/h13-16H,6-12H2,1-5H3. The molecule has 6 heteroatoms. The van der Waals surface area contributed by atoms with Gasteiger partial charge in [-0.05, 0) is 52.4 Å². The Labute approximate surface area is 156 Å². The Kier molecular flexibility index (Phi) is 6.69. The predicted molar refractivity (Wildman–Crippen MR) is 97.6 cm³/mol. The number of ether oxygens (including phenoxy) is 2. The molecule has 2 fully saturated rings. The van der Waals surface area contributed by atoms with E-state index in [-0.39, 0.29) is 35.7 Å². The van der Waals surface area contributed by atoms with E-state index in [1.807, 2.05) is 20.8 Å². The average Bonchev–Trinajstić information content (AvgIpc) is 2.59. The van der Waals surface area contributed by atoms with E-state index in [1.54, 1.807) is 4.90 Å². The molecular weight excluding hydrogens is 334 g/mol. The van der Waals surface area contributed by atoms with E-state index in [2.05, 4.69) is 6.92 Å². The number of rotatable bonds is 3. The highest BCUT2D eigenvalue weighted by Crippen LogP contribution is 2.38. The van der Waals surface area contributed by atoms with Crippen molar-refractivity contribution in [1.82, 2.24) is 4.90 Å². The summed E-state index contributed by atoms with van der Waals surface area (Å²) in [7, 11) is 1.38. The largest absolute Gasteiger partial charge is 0.469 e. The number of piperidine rings is 1. The molecule has 0 aromatic rings. The minimum Gasteiger partial charge on any atom is -0.469 e. The van der Waals surface area contributed by atoms with Crippen LogP contribution in [0.5, 0.6) is 0 Å². The van der Waals surface area contributed by atoms with Crippen molar-refractivity contribution in [3.8, 4) is 0 Å². The van der Waals surface area contributed by atoms with Crippen molar-refractivity contribution in [2.24, 2.45) is 17.8 Å². The van der Waals surface area contributed by atoms with Crippen LogP contribution in [0, 0.1) is 17.8 Å². The Morgan fingerprint density at radius 2 is 1.88 bits per heavy atom. The molecular formula is C20H33NO5. The van der Waals surface area contributed by atoms with Crippen molar-refractivity contribution < 1.29 is 23.9 Å². The lowest BCUT2D eigenvalue weighted by Crippen LogP contribution is -2.54. The van der Waals surface area contributed by atoms with Crippen molar-refractivity contribution in [3.63, 3.8) is 0 Å². The summed E-state index contributed by atoms with van der Waals surface area (Å²) in [4.78, 5) is 39.1. The summed E-state index contributed by atoms with van der Waals surface area (Å²) < 4.78 is 10.5. The van der Waals surface area contributed by atoms with E-state index in [1.165, 1.54) is 7.11 Å². The molecule has 0 aromatic heterocycles. The Balaban J connectivity index is 2.21. The number of hydrogen-bond donors (Lipinski definition) is 0. The van der Waals surface area contributed by atoms with E-state index < -0.39 is 5.60 Å². The van der Waals surface area contributed by atoms with Gasteiger partial charge in [-0.25, -0.2) is 4.79 Å².